The number of hydrogen-bond donors (Lipinski definition) is 1. The number of ether oxygens (including phenoxy) is 2. The summed E-state index contributed by atoms with van der Waals surface area (Å²) >= 11 is 0. The van der Waals surface area contributed by atoms with Crippen molar-refractivity contribution in [3.05, 3.63) is 18.7 Å². The Labute approximate surface area is 105 Å². The summed E-state index contributed by atoms with van der Waals surface area (Å²) in [4.78, 5) is 7.83. The van der Waals surface area contributed by atoms with Crippen molar-refractivity contribution in [3.8, 4) is 17.5 Å². The van der Waals surface area contributed by atoms with Gasteiger partial charge in [-0.3, -0.25) is 4.68 Å². The topological polar surface area (TPSA) is 88.1 Å². The van der Waals surface area contributed by atoms with E-state index in [0.717, 1.165) is 0 Å². The lowest BCUT2D eigenvalue weighted by Crippen LogP contribution is -2.01. The molecule has 0 aliphatic carbocycles. The lowest BCUT2D eigenvalue weighted by Gasteiger charge is -2.07. The third-order valence-electron chi connectivity index (χ3n) is 2.33. The number of methoxy groups -OCH3 is 1. The number of nitrogens with two attached hydrogens (primary N) is 1. The summed E-state index contributed by atoms with van der Waals surface area (Å²) < 4.78 is 12.3. The summed E-state index contributed by atoms with van der Waals surface area (Å²) in [7, 11) is 1.49. The van der Waals surface area contributed by atoms with Crippen molar-refractivity contribution >= 4 is 5.69 Å². The van der Waals surface area contributed by atoms with Crippen LogP contribution in [0.2, 0.25) is 0 Å². The molecule has 0 atom stereocenters. The van der Waals surface area contributed by atoms with Crippen molar-refractivity contribution in [1.82, 2.24) is 19.7 Å². The predicted octanol–water partition coefficient (Wildman–Crippen LogP) is 1.64. The molecule has 0 fully saturated rings. The maximum absolute atomic E-state index is 5.81. The van der Waals surface area contributed by atoms with E-state index < -0.39 is 0 Å². The molecule has 0 aliphatic rings. The second-order valence-electron chi connectivity index (χ2n) is 3.95. The first kappa shape index (κ1) is 12.2. The van der Waals surface area contributed by atoms with Crippen LogP contribution in [0, 0.1) is 0 Å². The van der Waals surface area contributed by atoms with E-state index in [1.165, 1.54) is 13.4 Å². The molecule has 0 saturated carbocycles. The Morgan fingerprint density at radius 2 is 2.00 bits per heavy atom. The summed E-state index contributed by atoms with van der Waals surface area (Å²) in [5.74, 6) is 1.11. The van der Waals surface area contributed by atoms with E-state index in [-0.39, 0.29) is 23.5 Å². The molecule has 0 bridgehead atoms. The zero-order valence-corrected chi connectivity index (χ0v) is 10.5. The van der Waals surface area contributed by atoms with Crippen LogP contribution in [0.1, 0.15) is 19.9 Å². The second kappa shape index (κ2) is 4.91. The Hall–Kier alpha value is -2.31. The Kier molecular flexibility index (Phi) is 3.31. The maximum Gasteiger partial charge on any atom is 0.250 e. The van der Waals surface area contributed by atoms with Crippen LogP contribution in [0.15, 0.2) is 18.7 Å². The highest BCUT2D eigenvalue weighted by molar-refractivity contribution is 5.56. The van der Waals surface area contributed by atoms with Gasteiger partial charge in [0.05, 0.1) is 19.5 Å². The third-order valence-corrected chi connectivity index (χ3v) is 2.33. The minimum Gasteiger partial charge on any atom is -0.479 e. The molecule has 0 radical (unpaired) electrons. The van der Waals surface area contributed by atoms with Crippen molar-refractivity contribution in [3.63, 3.8) is 0 Å². The Morgan fingerprint density at radius 3 is 2.61 bits per heavy atom. The fraction of sp³-hybridized carbons (Fsp3) is 0.364. The fourth-order valence-electron chi connectivity index (χ4n) is 1.38. The Morgan fingerprint density at radius 1 is 1.28 bits per heavy atom. The van der Waals surface area contributed by atoms with E-state index in [9.17, 15) is 0 Å². The van der Waals surface area contributed by atoms with Gasteiger partial charge in [-0.2, -0.15) is 15.1 Å². The summed E-state index contributed by atoms with van der Waals surface area (Å²) in [6.07, 6.45) is 4.71. The average Bonchev–Trinajstić information content (AvgIpc) is 2.80. The quantitative estimate of drug-likeness (QED) is 0.886. The second-order valence-corrected chi connectivity index (χ2v) is 3.95. The highest BCUT2D eigenvalue weighted by atomic mass is 16.5. The minimum atomic E-state index is 0.255. The van der Waals surface area contributed by atoms with Crippen LogP contribution >= 0.6 is 0 Å². The molecule has 7 heteroatoms. The van der Waals surface area contributed by atoms with Gasteiger partial charge in [-0.05, 0) is 13.8 Å². The lowest BCUT2D eigenvalue weighted by atomic mass is 10.4. The van der Waals surface area contributed by atoms with Gasteiger partial charge in [-0.1, -0.05) is 0 Å². The molecule has 0 spiro atoms. The number of anilines is 1. The monoisotopic (exact) mass is 249 g/mol. The first-order valence-corrected chi connectivity index (χ1v) is 5.48. The van der Waals surface area contributed by atoms with E-state index in [0.29, 0.717) is 5.75 Å². The van der Waals surface area contributed by atoms with Crippen molar-refractivity contribution in [1.29, 1.82) is 0 Å². The van der Waals surface area contributed by atoms with Crippen LogP contribution in [0.5, 0.6) is 17.5 Å². The van der Waals surface area contributed by atoms with E-state index in [2.05, 4.69) is 15.1 Å². The van der Waals surface area contributed by atoms with Gasteiger partial charge in [0.15, 0.2) is 11.4 Å². The van der Waals surface area contributed by atoms with Gasteiger partial charge < -0.3 is 15.2 Å². The molecule has 7 nitrogen and oxygen atoms in total. The molecule has 0 amide bonds. The van der Waals surface area contributed by atoms with Gasteiger partial charge in [0.1, 0.15) is 6.33 Å². The number of hydrogen-bond acceptors (Lipinski definition) is 6. The van der Waals surface area contributed by atoms with Gasteiger partial charge in [0.2, 0.25) is 11.8 Å². The third kappa shape index (κ3) is 2.34. The number of nitrogens with zero attached hydrogens (tertiary/aromatic N) is 4. The molecular weight excluding hydrogens is 234 g/mol. The van der Waals surface area contributed by atoms with Gasteiger partial charge in [0.25, 0.3) is 0 Å². The van der Waals surface area contributed by atoms with Crippen LogP contribution in [0.4, 0.5) is 5.69 Å². The summed E-state index contributed by atoms with van der Waals surface area (Å²) in [6, 6.07) is 0.264. The van der Waals surface area contributed by atoms with Crippen LogP contribution in [0.3, 0.4) is 0 Å². The molecule has 0 aromatic carbocycles. The highest BCUT2D eigenvalue weighted by Crippen LogP contribution is 2.30. The normalized spacial score (nSPS) is 10.7. The number of rotatable bonds is 4. The van der Waals surface area contributed by atoms with Crippen molar-refractivity contribution in [2.24, 2.45) is 0 Å². The molecule has 2 aromatic heterocycles. The smallest absolute Gasteiger partial charge is 0.250 e. The minimum absolute atomic E-state index is 0.255. The maximum atomic E-state index is 5.81. The van der Waals surface area contributed by atoms with Crippen LogP contribution in [-0.2, 0) is 0 Å². The van der Waals surface area contributed by atoms with Gasteiger partial charge in [-0.25, -0.2) is 0 Å². The van der Waals surface area contributed by atoms with Crippen LogP contribution in [0.25, 0.3) is 0 Å². The molecular formula is C11H15N5O2. The first-order valence-electron chi connectivity index (χ1n) is 5.48. The van der Waals surface area contributed by atoms with E-state index in [1.807, 2.05) is 13.8 Å². The zero-order chi connectivity index (χ0) is 13.1. The Balaban J connectivity index is 2.23. The van der Waals surface area contributed by atoms with E-state index >= 15 is 0 Å². The van der Waals surface area contributed by atoms with E-state index in [1.54, 1.807) is 17.1 Å². The molecule has 2 rings (SSSR count). The summed E-state index contributed by atoms with van der Waals surface area (Å²) in [5.41, 5.74) is 6.07. The standard InChI is InChI=1S/C11H15N5O2/c1-7(2)16-5-8(4-15-16)18-11-9(12)10(17-3)13-6-14-11/h4-7H,12H2,1-3H3. The van der Waals surface area contributed by atoms with Gasteiger partial charge >= 0.3 is 0 Å². The van der Waals surface area contributed by atoms with E-state index in [4.69, 9.17) is 15.2 Å². The first-order chi connectivity index (χ1) is 8.61. The van der Waals surface area contributed by atoms with Crippen molar-refractivity contribution in [2.75, 3.05) is 12.8 Å². The van der Waals surface area contributed by atoms with Crippen molar-refractivity contribution in [2.45, 2.75) is 19.9 Å². The Bertz CT molecular complexity index is 538. The number of aromatic nitrogens is 4. The molecule has 96 valence electrons. The SMILES string of the molecule is COc1ncnc(Oc2cnn(C(C)C)c2)c1N. The molecule has 2 aromatic rings. The molecule has 0 saturated heterocycles. The molecule has 2 N–H and O–H groups in total. The molecule has 0 aliphatic heterocycles. The molecule has 0 unspecified atom stereocenters. The van der Waals surface area contributed by atoms with Gasteiger partial charge in [-0.15, -0.1) is 0 Å². The summed E-state index contributed by atoms with van der Waals surface area (Å²) in [6.45, 7) is 4.05. The lowest BCUT2D eigenvalue weighted by molar-refractivity contribution is 0.391. The molecule has 2 heterocycles. The number of nitrogen functional groups attached to an aromatic ring is 1. The largest absolute Gasteiger partial charge is 0.479 e. The van der Waals surface area contributed by atoms with Crippen LogP contribution in [-0.4, -0.2) is 26.9 Å². The fourth-order valence-corrected chi connectivity index (χ4v) is 1.38. The van der Waals surface area contributed by atoms with Crippen LogP contribution < -0.4 is 15.2 Å². The van der Waals surface area contributed by atoms with Gasteiger partial charge in [0, 0.05) is 6.04 Å². The summed E-state index contributed by atoms with van der Waals surface area (Å²) in [5, 5.41) is 4.16. The highest BCUT2D eigenvalue weighted by Gasteiger charge is 2.11. The van der Waals surface area contributed by atoms with Crippen molar-refractivity contribution < 1.29 is 9.47 Å². The molecule has 18 heavy (non-hydrogen) atoms. The average molecular weight is 249 g/mol. The predicted molar refractivity (Wildman–Crippen MR) is 65.7 cm³/mol. The zero-order valence-electron chi connectivity index (χ0n) is 10.5.